The monoisotopic (exact) mass is 289 g/mol. The van der Waals surface area contributed by atoms with Crippen molar-refractivity contribution < 1.29 is 23.7 Å². The van der Waals surface area contributed by atoms with Crippen LogP contribution in [-0.2, 0) is 4.74 Å². The van der Waals surface area contributed by atoms with Crippen molar-refractivity contribution in [2.24, 2.45) is 0 Å². The summed E-state index contributed by atoms with van der Waals surface area (Å²) >= 11 is 0. The second-order valence-corrected chi connectivity index (χ2v) is 4.60. The standard InChI is InChI=1S/C14H21F2NO3/c1-10(11-5-3-2-4-6-11)20-9-12(18)7-17-8-13(19)14(15)16/h2-6,10,12-14,17-19H,7-9H2,1H3. The van der Waals surface area contributed by atoms with Gasteiger partial charge < -0.3 is 20.3 Å². The third-order valence-electron chi connectivity index (χ3n) is 2.83. The Morgan fingerprint density at radius 2 is 1.80 bits per heavy atom. The molecule has 3 atom stereocenters. The maximum atomic E-state index is 12.0. The van der Waals surface area contributed by atoms with Crippen molar-refractivity contribution in [1.29, 1.82) is 0 Å². The van der Waals surface area contributed by atoms with E-state index in [1.54, 1.807) is 0 Å². The Labute approximate surface area is 117 Å². The molecule has 0 amide bonds. The molecule has 4 nitrogen and oxygen atoms in total. The van der Waals surface area contributed by atoms with Gasteiger partial charge in [-0.2, -0.15) is 0 Å². The number of ether oxygens (including phenoxy) is 1. The number of hydrogen-bond donors (Lipinski definition) is 3. The summed E-state index contributed by atoms with van der Waals surface area (Å²) in [5.74, 6) is 0. The summed E-state index contributed by atoms with van der Waals surface area (Å²) < 4.78 is 29.5. The highest BCUT2D eigenvalue weighted by Crippen LogP contribution is 2.15. The molecule has 0 aliphatic rings. The Bertz CT molecular complexity index is 365. The molecule has 0 aliphatic heterocycles. The SMILES string of the molecule is CC(OCC(O)CNCC(O)C(F)F)c1ccccc1. The summed E-state index contributed by atoms with van der Waals surface area (Å²) in [4.78, 5) is 0. The Hall–Kier alpha value is -1.08. The second-order valence-electron chi connectivity index (χ2n) is 4.60. The zero-order valence-electron chi connectivity index (χ0n) is 11.4. The molecule has 6 heteroatoms. The molecule has 0 radical (unpaired) electrons. The van der Waals surface area contributed by atoms with E-state index < -0.39 is 18.6 Å². The van der Waals surface area contributed by atoms with Gasteiger partial charge in [-0.25, -0.2) is 8.78 Å². The first-order chi connectivity index (χ1) is 9.50. The molecule has 1 rings (SSSR count). The minimum Gasteiger partial charge on any atom is -0.389 e. The van der Waals surface area contributed by atoms with Gasteiger partial charge in [0.1, 0.15) is 6.10 Å². The topological polar surface area (TPSA) is 61.7 Å². The van der Waals surface area contributed by atoms with E-state index in [1.807, 2.05) is 37.3 Å². The highest BCUT2D eigenvalue weighted by atomic mass is 19.3. The number of aliphatic hydroxyl groups excluding tert-OH is 2. The van der Waals surface area contributed by atoms with Gasteiger partial charge in [0.05, 0.1) is 18.8 Å². The van der Waals surface area contributed by atoms with Crippen LogP contribution in [0.15, 0.2) is 30.3 Å². The zero-order valence-corrected chi connectivity index (χ0v) is 11.4. The van der Waals surface area contributed by atoms with Gasteiger partial charge in [-0.3, -0.25) is 0 Å². The van der Waals surface area contributed by atoms with Crippen molar-refractivity contribution >= 4 is 0 Å². The summed E-state index contributed by atoms with van der Waals surface area (Å²) in [5.41, 5.74) is 1.00. The fourth-order valence-corrected chi connectivity index (χ4v) is 1.62. The number of hydrogen-bond acceptors (Lipinski definition) is 4. The maximum absolute atomic E-state index is 12.0. The van der Waals surface area contributed by atoms with E-state index in [-0.39, 0.29) is 25.8 Å². The molecule has 20 heavy (non-hydrogen) atoms. The highest BCUT2D eigenvalue weighted by Gasteiger charge is 2.16. The van der Waals surface area contributed by atoms with Crippen molar-refractivity contribution in [3.8, 4) is 0 Å². The van der Waals surface area contributed by atoms with Crippen LogP contribution in [0.25, 0.3) is 0 Å². The van der Waals surface area contributed by atoms with Gasteiger partial charge in [0.15, 0.2) is 0 Å². The average molecular weight is 289 g/mol. The zero-order chi connectivity index (χ0) is 15.0. The molecule has 0 spiro atoms. The van der Waals surface area contributed by atoms with E-state index >= 15 is 0 Å². The predicted octanol–water partition coefficient (Wildman–Crippen LogP) is 1.34. The van der Waals surface area contributed by atoms with Crippen LogP contribution in [0, 0.1) is 0 Å². The van der Waals surface area contributed by atoms with Crippen LogP contribution in [0.2, 0.25) is 0 Å². The fourth-order valence-electron chi connectivity index (χ4n) is 1.62. The summed E-state index contributed by atoms with van der Waals surface area (Å²) in [6.45, 7) is 1.79. The summed E-state index contributed by atoms with van der Waals surface area (Å²) in [6.07, 6.45) is -5.47. The molecule has 0 aliphatic carbocycles. The second kappa shape index (κ2) is 8.97. The van der Waals surface area contributed by atoms with Gasteiger partial charge in [0.2, 0.25) is 0 Å². The van der Waals surface area contributed by atoms with E-state index in [1.165, 1.54) is 0 Å². The molecule has 0 heterocycles. The normalized spacial score (nSPS) is 16.1. The smallest absolute Gasteiger partial charge is 0.265 e. The molecule has 0 aromatic heterocycles. The lowest BCUT2D eigenvalue weighted by Crippen LogP contribution is -2.37. The molecule has 3 N–H and O–H groups in total. The first-order valence-electron chi connectivity index (χ1n) is 6.52. The van der Waals surface area contributed by atoms with Crippen LogP contribution >= 0.6 is 0 Å². The first-order valence-corrected chi connectivity index (χ1v) is 6.52. The lowest BCUT2D eigenvalue weighted by atomic mass is 10.1. The molecular formula is C14H21F2NO3. The number of alkyl halides is 2. The van der Waals surface area contributed by atoms with Gasteiger partial charge >= 0.3 is 0 Å². The Balaban J connectivity index is 2.18. The quantitative estimate of drug-likeness (QED) is 0.642. The molecule has 0 fully saturated rings. The largest absolute Gasteiger partial charge is 0.389 e. The minimum atomic E-state index is -2.78. The van der Waals surface area contributed by atoms with Crippen molar-refractivity contribution in [3.63, 3.8) is 0 Å². The Morgan fingerprint density at radius 3 is 2.40 bits per heavy atom. The van der Waals surface area contributed by atoms with E-state index in [4.69, 9.17) is 9.84 Å². The number of aliphatic hydroxyl groups is 2. The predicted molar refractivity (Wildman–Crippen MR) is 71.7 cm³/mol. The number of benzene rings is 1. The van der Waals surface area contributed by atoms with Crippen LogP contribution in [0.1, 0.15) is 18.6 Å². The molecule has 114 valence electrons. The molecule has 1 aromatic carbocycles. The van der Waals surface area contributed by atoms with Crippen molar-refractivity contribution in [2.45, 2.75) is 31.7 Å². The molecular weight excluding hydrogens is 268 g/mol. The third kappa shape index (κ3) is 6.38. The number of halogens is 2. The van der Waals surface area contributed by atoms with Crippen molar-refractivity contribution in [1.82, 2.24) is 5.32 Å². The van der Waals surface area contributed by atoms with E-state index in [0.717, 1.165) is 5.56 Å². The van der Waals surface area contributed by atoms with Gasteiger partial charge in [-0.05, 0) is 12.5 Å². The average Bonchev–Trinajstić information content (AvgIpc) is 2.45. The van der Waals surface area contributed by atoms with E-state index in [0.29, 0.717) is 0 Å². The lowest BCUT2D eigenvalue weighted by Gasteiger charge is -2.18. The van der Waals surface area contributed by atoms with Gasteiger partial charge in [-0.1, -0.05) is 30.3 Å². The summed E-state index contributed by atoms with van der Waals surface area (Å²) in [5, 5.41) is 21.1. The molecule has 1 aromatic rings. The summed E-state index contributed by atoms with van der Waals surface area (Å²) in [6, 6.07) is 9.56. The van der Waals surface area contributed by atoms with Gasteiger partial charge in [0, 0.05) is 13.1 Å². The van der Waals surface area contributed by atoms with E-state index in [9.17, 15) is 13.9 Å². The van der Waals surface area contributed by atoms with Gasteiger partial charge in [-0.15, -0.1) is 0 Å². The van der Waals surface area contributed by atoms with Crippen LogP contribution in [0.4, 0.5) is 8.78 Å². The third-order valence-corrected chi connectivity index (χ3v) is 2.83. The van der Waals surface area contributed by atoms with Gasteiger partial charge in [0.25, 0.3) is 6.43 Å². The number of nitrogens with one attached hydrogen (secondary N) is 1. The molecule has 0 saturated carbocycles. The number of rotatable bonds is 9. The summed E-state index contributed by atoms with van der Waals surface area (Å²) in [7, 11) is 0. The van der Waals surface area contributed by atoms with E-state index in [2.05, 4.69) is 5.32 Å². The van der Waals surface area contributed by atoms with Crippen LogP contribution in [0.3, 0.4) is 0 Å². The minimum absolute atomic E-state index is 0.0886. The fraction of sp³-hybridized carbons (Fsp3) is 0.571. The first kappa shape index (κ1) is 17.0. The maximum Gasteiger partial charge on any atom is 0.265 e. The Kier molecular flexibility index (Phi) is 7.61. The van der Waals surface area contributed by atoms with Crippen molar-refractivity contribution in [3.05, 3.63) is 35.9 Å². The molecule has 0 bridgehead atoms. The Morgan fingerprint density at radius 1 is 1.15 bits per heavy atom. The van der Waals surface area contributed by atoms with Crippen LogP contribution < -0.4 is 5.32 Å². The van der Waals surface area contributed by atoms with Crippen molar-refractivity contribution in [2.75, 3.05) is 19.7 Å². The molecule has 0 saturated heterocycles. The molecule has 3 unspecified atom stereocenters. The highest BCUT2D eigenvalue weighted by molar-refractivity contribution is 5.16. The van der Waals surface area contributed by atoms with Crippen LogP contribution in [-0.4, -0.2) is 48.5 Å². The lowest BCUT2D eigenvalue weighted by molar-refractivity contribution is -0.0148. The van der Waals surface area contributed by atoms with Crippen LogP contribution in [0.5, 0.6) is 0 Å².